The number of carbonyl (C=O) groups is 3. The van der Waals surface area contributed by atoms with E-state index in [-0.39, 0.29) is 12.5 Å². The van der Waals surface area contributed by atoms with E-state index in [1.807, 2.05) is 0 Å². The normalized spacial score (nSPS) is 14.4. The number of imide groups is 1. The molecule has 0 spiro atoms. The van der Waals surface area contributed by atoms with Crippen molar-refractivity contribution in [3.63, 3.8) is 0 Å². The number of nitrogens with two attached hydrogens (primary N) is 1. The van der Waals surface area contributed by atoms with Crippen LogP contribution in [0.15, 0.2) is 0 Å². The number of carboxylic acids is 1. The number of ether oxygens (including phenoxy) is 2. The fraction of sp³-hybridized carbons (Fsp3) is 0.824. The lowest BCUT2D eigenvalue weighted by Gasteiger charge is -2.31. The number of aliphatic carboxylic acids is 1. The summed E-state index contributed by atoms with van der Waals surface area (Å²) in [5, 5.41) is 9.51. The summed E-state index contributed by atoms with van der Waals surface area (Å²) in [6.07, 6.45) is -1.02. The lowest BCUT2D eigenvalue weighted by atomic mass is 10.1. The van der Waals surface area contributed by atoms with Crippen LogP contribution in [0.25, 0.3) is 0 Å². The van der Waals surface area contributed by atoms with Crippen molar-refractivity contribution in [2.75, 3.05) is 0 Å². The molecule has 8 heteroatoms. The molecule has 25 heavy (non-hydrogen) atoms. The van der Waals surface area contributed by atoms with Gasteiger partial charge in [-0.05, 0) is 67.7 Å². The van der Waals surface area contributed by atoms with E-state index in [1.165, 1.54) is 0 Å². The van der Waals surface area contributed by atoms with Gasteiger partial charge in [-0.3, -0.25) is 0 Å². The number of hydrogen-bond donors (Lipinski definition) is 2. The van der Waals surface area contributed by atoms with Crippen molar-refractivity contribution in [2.45, 2.75) is 91.0 Å². The molecule has 0 radical (unpaired) electrons. The molecule has 0 aliphatic carbocycles. The third-order valence-corrected chi connectivity index (χ3v) is 2.91. The van der Waals surface area contributed by atoms with E-state index < -0.39 is 35.4 Å². The second-order valence-electron chi connectivity index (χ2n) is 8.09. The molecule has 146 valence electrons. The highest BCUT2D eigenvalue weighted by molar-refractivity contribution is 5.93. The zero-order chi connectivity index (χ0) is 20.0. The van der Waals surface area contributed by atoms with E-state index in [4.69, 9.17) is 15.2 Å². The SMILES string of the molecule is CC(N)CCC[C@@H](C(=O)O)N(C(=O)OC(C)(C)C)C(=O)OC(C)(C)C. The van der Waals surface area contributed by atoms with E-state index in [2.05, 4.69) is 0 Å². The van der Waals surface area contributed by atoms with Gasteiger partial charge in [-0.25, -0.2) is 14.4 Å². The number of hydrogen-bond acceptors (Lipinski definition) is 6. The van der Waals surface area contributed by atoms with E-state index in [0.717, 1.165) is 0 Å². The first-order chi connectivity index (χ1) is 11.1. The lowest BCUT2D eigenvalue weighted by Crippen LogP contribution is -2.52. The minimum Gasteiger partial charge on any atom is -0.480 e. The van der Waals surface area contributed by atoms with E-state index >= 15 is 0 Å². The van der Waals surface area contributed by atoms with Crippen LogP contribution in [0.5, 0.6) is 0 Å². The van der Waals surface area contributed by atoms with Gasteiger partial charge in [0.15, 0.2) is 0 Å². The highest BCUT2D eigenvalue weighted by Gasteiger charge is 2.40. The van der Waals surface area contributed by atoms with E-state index in [9.17, 15) is 19.5 Å². The monoisotopic (exact) mass is 360 g/mol. The molecule has 0 fully saturated rings. The van der Waals surface area contributed by atoms with Crippen molar-refractivity contribution in [3.05, 3.63) is 0 Å². The second kappa shape index (κ2) is 9.03. The van der Waals surface area contributed by atoms with Gasteiger partial charge in [0.1, 0.15) is 17.2 Å². The summed E-state index contributed by atoms with van der Waals surface area (Å²) in [5.41, 5.74) is 3.91. The Kier molecular flexibility index (Phi) is 8.37. The Hall–Kier alpha value is -1.83. The summed E-state index contributed by atoms with van der Waals surface area (Å²) in [6.45, 7) is 11.6. The van der Waals surface area contributed by atoms with Crippen molar-refractivity contribution in [2.24, 2.45) is 5.73 Å². The lowest BCUT2D eigenvalue weighted by molar-refractivity contribution is -0.143. The minimum absolute atomic E-state index is 0.0648. The standard InChI is InChI=1S/C17H32N2O6/c1-11(18)9-8-10-12(13(20)21)19(14(22)24-16(2,3)4)15(23)25-17(5,6)7/h11-12H,8-10,18H2,1-7H3,(H,20,21)/t11?,12-/m0/s1. The van der Waals surface area contributed by atoms with Gasteiger partial charge >= 0.3 is 18.2 Å². The van der Waals surface area contributed by atoms with Crippen LogP contribution in [-0.2, 0) is 14.3 Å². The predicted molar refractivity (Wildman–Crippen MR) is 93.2 cm³/mol. The Morgan fingerprint density at radius 2 is 1.36 bits per heavy atom. The van der Waals surface area contributed by atoms with Crippen molar-refractivity contribution < 1.29 is 29.0 Å². The van der Waals surface area contributed by atoms with Crippen LogP contribution >= 0.6 is 0 Å². The average Bonchev–Trinajstić information content (AvgIpc) is 2.32. The molecule has 0 aromatic heterocycles. The van der Waals surface area contributed by atoms with Crippen LogP contribution in [0, 0.1) is 0 Å². The summed E-state index contributed by atoms with van der Waals surface area (Å²) in [5.74, 6) is -1.30. The van der Waals surface area contributed by atoms with Gasteiger partial charge in [-0.2, -0.15) is 4.90 Å². The van der Waals surface area contributed by atoms with Crippen molar-refractivity contribution in [3.8, 4) is 0 Å². The molecule has 8 nitrogen and oxygen atoms in total. The van der Waals surface area contributed by atoms with Crippen molar-refractivity contribution in [1.82, 2.24) is 4.90 Å². The van der Waals surface area contributed by atoms with Gasteiger partial charge in [0.05, 0.1) is 0 Å². The van der Waals surface area contributed by atoms with Gasteiger partial charge in [0, 0.05) is 6.04 Å². The molecule has 0 aliphatic rings. The second-order valence-corrected chi connectivity index (χ2v) is 8.09. The largest absolute Gasteiger partial charge is 0.480 e. The quantitative estimate of drug-likeness (QED) is 0.746. The third-order valence-electron chi connectivity index (χ3n) is 2.91. The highest BCUT2D eigenvalue weighted by Crippen LogP contribution is 2.19. The third kappa shape index (κ3) is 9.91. The summed E-state index contributed by atoms with van der Waals surface area (Å²) in [6, 6.07) is -1.49. The number of nitrogens with zero attached hydrogens (tertiary/aromatic N) is 1. The molecule has 0 rings (SSSR count). The molecule has 0 bridgehead atoms. The van der Waals surface area contributed by atoms with Crippen LogP contribution in [0.4, 0.5) is 9.59 Å². The molecule has 0 aromatic carbocycles. The van der Waals surface area contributed by atoms with Gasteiger partial charge in [-0.1, -0.05) is 0 Å². The molecule has 0 heterocycles. The molecule has 0 saturated heterocycles. The Balaban J connectivity index is 5.51. The number of carbonyl (C=O) groups excluding carboxylic acids is 2. The zero-order valence-corrected chi connectivity index (χ0v) is 16.3. The molecular weight excluding hydrogens is 328 g/mol. The van der Waals surface area contributed by atoms with Crippen LogP contribution in [0.2, 0.25) is 0 Å². The van der Waals surface area contributed by atoms with Crippen LogP contribution in [0.1, 0.15) is 67.7 Å². The highest BCUT2D eigenvalue weighted by atomic mass is 16.6. The molecule has 2 atom stereocenters. The van der Waals surface area contributed by atoms with Crippen LogP contribution < -0.4 is 5.73 Å². The maximum atomic E-state index is 12.4. The first kappa shape index (κ1) is 23.2. The zero-order valence-electron chi connectivity index (χ0n) is 16.3. The van der Waals surface area contributed by atoms with E-state index in [0.29, 0.717) is 17.7 Å². The molecule has 0 aromatic rings. The first-order valence-electron chi connectivity index (χ1n) is 8.37. The Morgan fingerprint density at radius 3 is 1.64 bits per heavy atom. The molecule has 3 N–H and O–H groups in total. The van der Waals surface area contributed by atoms with Gasteiger partial charge in [0.25, 0.3) is 0 Å². The smallest absolute Gasteiger partial charge is 0.420 e. The molecule has 1 unspecified atom stereocenters. The summed E-state index contributed by atoms with van der Waals surface area (Å²) in [4.78, 5) is 37.1. The van der Waals surface area contributed by atoms with Crippen LogP contribution in [0.3, 0.4) is 0 Å². The Labute approximate surface area is 149 Å². The minimum atomic E-state index is -1.39. The number of rotatable bonds is 6. The van der Waals surface area contributed by atoms with Gasteiger partial charge in [0.2, 0.25) is 0 Å². The van der Waals surface area contributed by atoms with Crippen molar-refractivity contribution in [1.29, 1.82) is 0 Å². The molecule has 2 amide bonds. The Bertz CT molecular complexity index is 449. The number of carboxylic acid groups (broad SMARTS) is 1. The molecule has 0 aliphatic heterocycles. The van der Waals surface area contributed by atoms with Crippen molar-refractivity contribution >= 4 is 18.2 Å². The fourth-order valence-electron chi connectivity index (χ4n) is 1.95. The first-order valence-corrected chi connectivity index (χ1v) is 8.37. The van der Waals surface area contributed by atoms with Gasteiger partial charge < -0.3 is 20.3 Å². The summed E-state index contributed by atoms with van der Waals surface area (Å²) >= 11 is 0. The molecular formula is C17H32N2O6. The topological polar surface area (TPSA) is 119 Å². The molecule has 0 saturated carbocycles. The maximum Gasteiger partial charge on any atom is 0.420 e. The summed E-state index contributed by atoms with van der Waals surface area (Å²) < 4.78 is 10.4. The van der Waals surface area contributed by atoms with E-state index in [1.54, 1.807) is 48.5 Å². The number of amides is 2. The van der Waals surface area contributed by atoms with Crippen LogP contribution in [-0.4, -0.2) is 51.4 Å². The predicted octanol–water partition coefficient (Wildman–Crippen LogP) is 3.13. The fourth-order valence-corrected chi connectivity index (χ4v) is 1.95. The summed E-state index contributed by atoms with van der Waals surface area (Å²) in [7, 11) is 0. The van der Waals surface area contributed by atoms with Gasteiger partial charge in [-0.15, -0.1) is 0 Å². The average molecular weight is 360 g/mol. The maximum absolute atomic E-state index is 12.4. The Morgan fingerprint density at radius 1 is 0.960 bits per heavy atom.